The van der Waals surface area contributed by atoms with Crippen molar-refractivity contribution in [1.82, 2.24) is 0 Å². The van der Waals surface area contributed by atoms with Crippen molar-refractivity contribution >= 4 is 0 Å². The van der Waals surface area contributed by atoms with E-state index in [-0.39, 0.29) is 46.1 Å². The smallest absolute Gasteiger partial charge is 0.143 e. The Hall–Kier alpha value is 0.124. The maximum Gasteiger partial charge on any atom is 0.143 e. The SMILES string of the molecule is CC.COCO.Cc1ccccc1CCCO.NO.[Y]. The summed E-state index contributed by atoms with van der Waals surface area (Å²) in [5.74, 6) is 3.50. The number of aliphatic hydroxyl groups excluding tert-OH is 2. The zero-order chi connectivity index (χ0) is 15.5. The first kappa shape index (κ1) is 28.3. The fourth-order valence-corrected chi connectivity index (χ4v) is 1.16. The monoisotopic (exact) mass is 364 g/mol. The molecule has 0 aromatic heterocycles. The average molecular weight is 364 g/mol. The third-order valence-electron chi connectivity index (χ3n) is 1.99. The van der Waals surface area contributed by atoms with Crippen LogP contribution in [0.15, 0.2) is 24.3 Å². The van der Waals surface area contributed by atoms with Crippen molar-refractivity contribution in [1.29, 1.82) is 0 Å². The molecule has 5 nitrogen and oxygen atoms in total. The summed E-state index contributed by atoms with van der Waals surface area (Å²) in [6.45, 7) is 6.21. The number of aliphatic hydroxyl groups is 2. The van der Waals surface area contributed by atoms with E-state index in [2.05, 4.69) is 29.7 Å². The third-order valence-corrected chi connectivity index (χ3v) is 1.99. The normalized spacial score (nSPS) is 7.60. The van der Waals surface area contributed by atoms with Crippen LogP contribution in [-0.2, 0) is 43.9 Å². The molecule has 0 saturated carbocycles. The van der Waals surface area contributed by atoms with Crippen LogP contribution in [0.1, 0.15) is 31.4 Å². The van der Waals surface area contributed by atoms with Crippen LogP contribution in [0.25, 0.3) is 0 Å². The molecule has 1 radical (unpaired) electrons. The van der Waals surface area contributed by atoms with Gasteiger partial charge in [0.15, 0.2) is 0 Å². The molecule has 5 N–H and O–H groups in total. The van der Waals surface area contributed by atoms with Crippen LogP contribution in [0, 0.1) is 6.92 Å². The molecule has 1 aromatic carbocycles. The summed E-state index contributed by atoms with van der Waals surface area (Å²) in [6, 6.07) is 8.30. The fourth-order valence-electron chi connectivity index (χ4n) is 1.16. The first-order valence-corrected chi connectivity index (χ1v) is 6.27. The molecule has 0 atom stereocenters. The number of hydrogen-bond donors (Lipinski definition) is 4. The van der Waals surface area contributed by atoms with Gasteiger partial charge in [0.2, 0.25) is 0 Å². The number of ether oxygens (including phenoxy) is 1. The number of hydrogen-bond acceptors (Lipinski definition) is 5. The topological polar surface area (TPSA) is 95.9 Å². The van der Waals surface area contributed by atoms with E-state index in [4.69, 9.17) is 15.4 Å². The average Bonchev–Trinajstić information content (AvgIpc) is 2.51. The van der Waals surface area contributed by atoms with E-state index in [0.29, 0.717) is 0 Å². The van der Waals surface area contributed by atoms with Crippen LogP contribution in [0.5, 0.6) is 0 Å². The van der Waals surface area contributed by atoms with E-state index in [9.17, 15) is 0 Å². The molecule has 0 spiro atoms. The second-order valence-electron chi connectivity index (χ2n) is 3.17. The number of methoxy groups -OCH3 is 1. The number of benzene rings is 1. The molecule has 20 heavy (non-hydrogen) atoms. The van der Waals surface area contributed by atoms with Gasteiger partial charge >= 0.3 is 0 Å². The molecule has 0 bridgehead atoms. The summed E-state index contributed by atoms with van der Waals surface area (Å²) in [6.07, 6.45) is 1.86. The Morgan fingerprint density at radius 3 is 1.90 bits per heavy atom. The van der Waals surface area contributed by atoms with E-state index < -0.39 is 0 Å². The Kier molecular flexibility index (Phi) is 38.9. The minimum absolute atomic E-state index is 0. The van der Waals surface area contributed by atoms with Crippen LogP contribution in [-0.4, -0.2) is 35.9 Å². The Morgan fingerprint density at radius 2 is 1.55 bits per heavy atom. The molecule has 1 rings (SSSR count). The van der Waals surface area contributed by atoms with E-state index in [1.54, 1.807) is 0 Å². The van der Waals surface area contributed by atoms with Crippen molar-refractivity contribution in [3.05, 3.63) is 35.4 Å². The molecule has 0 saturated heterocycles. The number of rotatable bonds is 4. The van der Waals surface area contributed by atoms with Crippen molar-refractivity contribution in [2.45, 2.75) is 33.6 Å². The predicted octanol–water partition coefficient (Wildman–Crippen LogP) is 1.86. The second-order valence-corrected chi connectivity index (χ2v) is 3.17. The Balaban J connectivity index is -0.000000122. The molecule has 0 heterocycles. The fraction of sp³-hybridized carbons (Fsp3) is 0.571. The number of nitrogens with two attached hydrogens (primary N) is 1. The van der Waals surface area contributed by atoms with Gasteiger partial charge in [-0.3, -0.25) is 0 Å². The van der Waals surface area contributed by atoms with Crippen molar-refractivity contribution in [2.75, 3.05) is 20.5 Å². The molecule has 0 unspecified atom stereocenters. The molecule has 0 aliphatic heterocycles. The summed E-state index contributed by atoms with van der Waals surface area (Å²) in [5, 5.41) is 22.8. The molecule has 1 aromatic rings. The predicted molar refractivity (Wildman–Crippen MR) is 78.0 cm³/mol. The quantitative estimate of drug-likeness (QED) is 0.483. The van der Waals surface area contributed by atoms with Crippen molar-refractivity contribution in [2.24, 2.45) is 5.90 Å². The van der Waals surface area contributed by atoms with Gasteiger partial charge < -0.3 is 20.2 Å². The largest absolute Gasteiger partial charge is 0.396 e. The van der Waals surface area contributed by atoms with Crippen LogP contribution < -0.4 is 5.90 Å². The first-order valence-electron chi connectivity index (χ1n) is 6.27. The summed E-state index contributed by atoms with van der Waals surface area (Å²) >= 11 is 0. The van der Waals surface area contributed by atoms with Gasteiger partial charge in [-0.1, -0.05) is 38.1 Å². The third kappa shape index (κ3) is 20.4. The first-order chi connectivity index (χ1) is 9.26. The minimum atomic E-state index is -0.181. The summed E-state index contributed by atoms with van der Waals surface area (Å²) in [4.78, 5) is 0. The van der Waals surface area contributed by atoms with Gasteiger partial charge in [0.25, 0.3) is 0 Å². The number of aryl methyl sites for hydroxylation is 2. The summed E-state index contributed by atoms with van der Waals surface area (Å²) < 4.78 is 4.10. The van der Waals surface area contributed by atoms with E-state index in [1.165, 1.54) is 18.2 Å². The standard InChI is InChI=1S/C10H14O.C2H6O2.C2H6.H3NO.Y/c1-9-5-2-3-6-10(9)7-4-8-11;1-4-2-3;2*1-2;/h2-3,5-6,11H,4,7-8H2,1H3;3H,2H2,1H3;1-2H3;2H,1H2;. The molecular weight excluding hydrogens is 335 g/mol. The molecule has 0 amide bonds. The molecule has 0 aliphatic rings. The van der Waals surface area contributed by atoms with Gasteiger partial charge in [-0.15, -0.1) is 0 Å². The summed E-state index contributed by atoms with van der Waals surface area (Å²) in [7, 11) is 1.43. The van der Waals surface area contributed by atoms with Crippen LogP contribution >= 0.6 is 0 Å². The van der Waals surface area contributed by atoms with Gasteiger partial charge in [0.05, 0.1) is 0 Å². The van der Waals surface area contributed by atoms with Crippen LogP contribution in [0.2, 0.25) is 0 Å². The van der Waals surface area contributed by atoms with Gasteiger partial charge in [-0.25, -0.2) is 5.90 Å². The van der Waals surface area contributed by atoms with Crippen molar-refractivity contribution in [3.8, 4) is 0 Å². The minimum Gasteiger partial charge on any atom is -0.396 e. The summed E-state index contributed by atoms with van der Waals surface area (Å²) in [5.41, 5.74) is 2.67. The van der Waals surface area contributed by atoms with Crippen molar-refractivity contribution < 1.29 is 52.9 Å². The molecule has 0 aliphatic carbocycles. The Bertz CT molecular complexity index is 261. The maximum absolute atomic E-state index is 8.62. The van der Waals surface area contributed by atoms with Gasteiger partial charge in [-0.05, 0) is 30.9 Å². The second kappa shape index (κ2) is 27.5. The molecule has 0 fully saturated rings. The van der Waals surface area contributed by atoms with E-state index in [0.717, 1.165) is 12.8 Å². The van der Waals surface area contributed by atoms with Crippen LogP contribution in [0.4, 0.5) is 0 Å². The Morgan fingerprint density at radius 1 is 1.10 bits per heavy atom. The Labute approximate surface area is 148 Å². The molecule has 117 valence electrons. The van der Waals surface area contributed by atoms with Crippen LogP contribution in [0.3, 0.4) is 0 Å². The zero-order valence-electron chi connectivity index (χ0n) is 13.0. The maximum atomic E-state index is 8.62. The van der Waals surface area contributed by atoms with Crippen molar-refractivity contribution in [3.63, 3.8) is 0 Å². The molecular formula is C14H29NO4Y. The van der Waals surface area contributed by atoms with Gasteiger partial charge in [0, 0.05) is 46.4 Å². The zero-order valence-corrected chi connectivity index (χ0v) is 15.9. The van der Waals surface area contributed by atoms with Gasteiger partial charge in [0.1, 0.15) is 6.79 Å². The van der Waals surface area contributed by atoms with E-state index >= 15 is 0 Å². The van der Waals surface area contributed by atoms with Gasteiger partial charge in [-0.2, -0.15) is 0 Å². The molecule has 6 heteroatoms. The van der Waals surface area contributed by atoms with E-state index in [1.807, 2.05) is 26.0 Å².